The zero-order valence-electron chi connectivity index (χ0n) is 12.8. The summed E-state index contributed by atoms with van der Waals surface area (Å²) >= 11 is 0. The summed E-state index contributed by atoms with van der Waals surface area (Å²) in [6.45, 7) is 6.96. The maximum absolute atomic E-state index is 5.88. The Morgan fingerprint density at radius 1 is 1.32 bits per heavy atom. The van der Waals surface area contributed by atoms with E-state index in [9.17, 15) is 0 Å². The van der Waals surface area contributed by atoms with E-state index < -0.39 is 0 Å². The van der Waals surface area contributed by atoms with E-state index in [1.165, 1.54) is 25.7 Å². The van der Waals surface area contributed by atoms with E-state index in [2.05, 4.69) is 24.2 Å². The summed E-state index contributed by atoms with van der Waals surface area (Å²) in [6.07, 6.45) is 5.82. The molecular weight excluding hydrogens is 240 g/mol. The Morgan fingerprint density at radius 3 is 2.68 bits per heavy atom. The number of nitrogens with one attached hydrogen (secondary N) is 1. The van der Waals surface area contributed by atoms with Crippen LogP contribution >= 0.6 is 0 Å². The van der Waals surface area contributed by atoms with Crippen LogP contribution in [0.15, 0.2) is 0 Å². The van der Waals surface area contributed by atoms with Crippen LogP contribution in [0.2, 0.25) is 0 Å². The molecule has 0 bridgehead atoms. The quantitative estimate of drug-likeness (QED) is 0.688. The van der Waals surface area contributed by atoms with Crippen LogP contribution in [0.25, 0.3) is 0 Å². The predicted octanol–water partition coefficient (Wildman–Crippen LogP) is 1.50. The van der Waals surface area contributed by atoms with Crippen molar-refractivity contribution in [2.24, 2.45) is 5.41 Å². The van der Waals surface area contributed by atoms with Crippen molar-refractivity contribution in [2.75, 3.05) is 47.0 Å². The Hall–Kier alpha value is -0.160. The zero-order chi connectivity index (χ0) is 13.7. The lowest BCUT2D eigenvalue weighted by molar-refractivity contribution is -0.172. The molecule has 4 heteroatoms. The summed E-state index contributed by atoms with van der Waals surface area (Å²) in [5.74, 6) is 0. The molecule has 0 radical (unpaired) electrons. The van der Waals surface area contributed by atoms with Gasteiger partial charge in [-0.15, -0.1) is 0 Å². The highest BCUT2D eigenvalue weighted by Gasteiger charge is 2.58. The first-order chi connectivity index (χ1) is 9.23. The minimum atomic E-state index is 0.487. The number of likely N-dealkylation sites (N-methyl/N-ethyl adjacent to an activating group) is 1. The number of ether oxygens (including phenoxy) is 2. The molecule has 2 unspecified atom stereocenters. The van der Waals surface area contributed by atoms with Crippen LogP contribution < -0.4 is 5.32 Å². The van der Waals surface area contributed by atoms with E-state index in [0.717, 1.165) is 32.8 Å². The number of hydrogen-bond donors (Lipinski definition) is 1. The minimum Gasteiger partial charge on any atom is -0.383 e. The molecule has 2 rings (SSSR count). The van der Waals surface area contributed by atoms with Gasteiger partial charge in [0.2, 0.25) is 0 Å². The first kappa shape index (κ1) is 15.2. The molecule has 4 nitrogen and oxygen atoms in total. The zero-order valence-corrected chi connectivity index (χ0v) is 12.8. The van der Waals surface area contributed by atoms with Gasteiger partial charge in [0.05, 0.1) is 12.7 Å². The van der Waals surface area contributed by atoms with E-state index in [1.807, 2.05) is 0 Å². The summed E-state index contributed by atoms with van der Waals surface area (Å²) in [5.41, 5.74) is 0.487. The molecule has 0 heterocycles. The Balaban J connectivity index is 1.64. The topological polar surface area (TPSA) is 33.7 Å². The highest BCUT2D eigenvalue weighted by Crippen LogP contribution is 2.57. The van der Waals surface area contributed by atoms with Crippen molar-refractivity contribution in [3.05, 3.63) is 0 Å². The third-order valence-corrected chi connectivity index (χ3v) is 5.00. The van der Waals surface area contributed by atoms with Gasteiger partial charge in [0.15, 0.2) is 0 Å². The number of methoxy groups -OCH3 is 1. The second-order valence-corrected chi connectivity index (χ2v) is 6.07. The second kappa shape index (κ2) is 7.02. The second-order valence-electron chi connectivity index (χ2n) is 6.07. The lowest BCUT2D eigenvalue weighted by Gasteiger charge is -2.61. The van der Waals surface area contributed by atoms with E-state index in [0.29, 0.717) is 17.6 Å². The molecule has 0 saturated heterocycles. The summed E-state index contributed by atoms with van der Waals surface area (Å²) in [4.78, 5) is 2.32. The number of hydrogen-bond acceptors (Lipinski definition) is 4. The van der Waals surface area contributed by atoms with Gasteiger partial charge in [-0.3, -0.25) is 0 Å². The average molecular weight is 270 g/mol. The van der Waals surface area contributed by atoms with Crippen molar-refractivity contribution in [2.45, 2.75) is 44.8 Å². The van der Waals surface area contributed by atoms with Crippen LogP contribution in [-0.2, 0) is 9.47 Å². The third kappa shape index (κ3) is 3.30. The largest absolute Gasteiger partial charge is 0.383 e. The summed E-state index contributed by atoms with van der Waals surface area (Å²) in [5, 5.41) is 3.75. The normalized spacial score (nSPS) is 28.4. The fourth-order valence-electron chi connectivity index (χ4n) is 3.51. The van der Waals surface area contributed by atoms with Crippen molar-refractivity contribution in [1.82, 2.24) is 10.2 Å². The van der Waals surface area contributed by atoms with Crippen LogP contribution in [0.1, 0.15) is 32.6 Å². The van der Waals surface area contributed by atoms with Crippen molar-refractivity contribution >= 4 is 0 Å². The Labute approximate surface area is 117 Å². The molecule has 2 atom stereocenters. The predicted molar refractivity (Wildman–Crippen MR) is 77.5 cm³/mol. The monoisotopic (exact) mass is 270 g/mol. The molecule has 2 fully saturated rings. The van der Waals surface area contributed by atoms with Gasteiger partial charge in [-0.1, -0.05) is 6.42 Å². The van der Waals surface area contributed by atoms with E-state index in [-0.39, 0.29) is 0 Å². The van der Waals surface area contributed by atoms with E-state index in [4.69, 9.17) is 9.47 Å². The molecule has 1 spiro atoms. The standard InChI is InChI=1S/C15H30N2O2/c1-4-19-14-12-13(15(14)6-5-7-15)16-8-9-17(2)10-11-18-3/h13-14,16H,4-12H2,1-3H3. The summed E-state index contributed by atoms with van der Waals surface area (Å²) in [6, 6.07) is 0.689. The Bertz CT molecular complexity index is 269. The van der Waals surface area contributed by atoms with Crippen molar-refractivity contribution in [3.8, 4) is 0 Å². The van der Waals surface area contributed by atoms with Crippen molar-refractivity contribution in [3.63, 3.8) is 0 Å². The molecule has 1 N–H and O–H groups in total. The molecule has 0 amide bonds. The maximum Gasteiger partial charge on any atom is 0.0661 e. The summed E-state index contributed by atoms with van der Waals surface area (Å²) in [7, 11) is 3.91. The van der Waals surface area contributed by atoms with Crippen LogP contribution in [0.4, 0.5) is 0 Å². The summed E-state index contributed by atoms with van der Waals surface area (Å²) < 4.78 is 11.0. The van der Waals surface area contributed by atoms with Gasteiger partial charge < -0.3 is 19.7 Å². The lowest BCUT2D eigenvalue weighted by atomic mass is 9.51. The first-order valence-corrected chi connectivity index (χ1v) is 7.75. The SMILES string of the molecule is CCOC1CC(NCCN(C)CCOC)C12CCC2. The van der Waals surface area contributed by atoms with Gasteiger partial charge in [-0.05, 0) is 33.2 Å². The van der Waals surface area contributed by atoms with E-state index >= 15 is 0 Å². The van der Waals surface area contributed by atoms with Crippen LogP contribution in [0, 0.1) is 5.41 Å². The fourth-order valence-corrected chi connectivity index (χ4v) is 3.51. The fraction of sp³-hybridized carbons (Fsp3) is 1.00. The smallest absolute Gasteiger partial charge is 0.0661 e. The molecule has 19 heavy (non-hydrogen) atoms. The van der Waals surface area contributed by atoms with Gasteiger partial charge in [0.1, 0.15) is 0 Å². The maximum atomic E-state index is 5.88. The molecular formula is C15H30N2O2. The molecule has 2 saturated carbocycles. The lowest BCUT2D eigenvalue weighted by Crippen LogP contribution is -2.67. The highest BCUT2D eigenvalue weighted by atomic mass is 16.5. The van der Waals surface area contributed by atoms with Crippen LogP contribution in [-0.4, -0.2) is 64.1 Å². The van der Waals surface area contributed by atoms with E-state index in [1.54, 1.807) is 7.11 Å². The highest BCUT2D eigenvalue weighted by molar-refractivity contribution is 5.12. The molecule has 0 aliphatic heterocycles. The molecule has 112 valence electrons. The Morgan fingerprint density at radius 2 is 2.11 bits per heavy atom. The Kier molecular flexibility index (Phi) is 5.63. The van der Waals surface area contributed by atoms with Gasteiger partial charge in [0.25, 0.3) is 0 Å². The average Bonchev–Trinajstić information content (AvgIpc) is 2.32. The third-order valence-electron chi connectivity index (χ3n) is 5.00. The first-order valence-electron chi connectivity index (χ1n) is 7.75. The van der Waals surface area contributed by atoms with Gasteiger partial charge in [-0.25, -0.2) is 0 Å². The van der Waals surface area contributed by atoms with Crippen LogP contribution in [0.5, 0.6) is 0 Å². The minimum absolute atomic E-state index is 0.487. The molecule has 2 aliphatic rings. The van der Waals surface area contributed by atoms with Gasteiger partial charge >= 0.3 is 0 Å². The van der Waals surface area contributed by atoms with Gasteiger partial charge in [-0.2, -0.15) is 0 Å². The molecule has 0 aromatic heterocycles. The number of rotatable bonds is 9. The van der Waals surface area contributed by atoms with Crippen LogP contribution in [0.3, 0.4) is 0 Å². The number of nitrogens with zero attached hydrogens (tertiary/aromatic N) is 1. The van der Waals surface area contributed by atoms with Crippen molar-refractivity contribution in [1.29, 1.82) is 0 Å². The molecule has 2 aliphatic carbocycles. The molecule has 0 aromatic rings. The molecule has 0 aromatic carbocycles. The van der Waals surface area contributed by atoms with Gasteiger partial charge in [0, 0.05) is 44.8 Å². The van der Waals surface area contributed by atoms with Crippen molar-refractivity contribution < 1.29 is 9.47 Å².